The van der Waals surface area contributed by atoms with E-state index in [0.717, 1.165) is 0 Å². The summed E-state index contributed by atoms with van der Waals surface area (Å²) in [6, 6.07) is -0.317. The van der Waals surface area contributed by atoms with Crippen LogP contribution in [0.25, 0.3) is 0 Å². The van der Waals surface area contributed by atoms with Crippen LogP contribution < -0.4 is 5.32 Å². The second kappa shape index (κ2) is 4.47. The molecule has 86 valence electrons. The summed E-state index contributed by atoms with van der Waals surface area (Å²) in [5.74, 6) is 0.167. The molecule has 0 bridgehead atoms. The summed E-state index contributed by atoms with van der Waals surface area (Å²) in [6.07, 6.45) is -2.35. The van der Waals surface area contributed by atoms with Gasteiger partial charge in [0.05, 0.1) is 11.9 Å². The molecule has 5 atom stereocenters. The topological polar surface area (TPSA) is 74.1 Å². The highest BCUT2D eigenvalue weighted by Crippen LogP contribution is 2.33. The van der Waals surface area contributed by atoms with Crippen molar-refractivity contribution >= 4 is 28.5 Å². The average molecular weight is 253 g/mol. The number of fused-ring (bicyclic) bond motifs is 1. The van der Waals surface area contributed by atoms with Gasteiger partial charge in [-0.1, -0.05) is 11.8 Å². The molecule has 0 radical (unpaired) electrons. The van der Waals surface area contributed by atoms with Gasteiger partial charge in [-0.25, -0.2) is 0 Å². The second-order valence-electron chi connectivity index (χ2n) is 3.50. The van der Waals surface area contributed by atoms with Gasteiger partial charge in [0.15, 0.2) is 5.17 Å². The molecule has 7 heteroatoms. The van der Waals surface area contributed by atoms with Crippen LogP contribution in [0, 0.1) is 0 Å². The van der Waals surface area contributed by atoms with Crippen LogP contribution in [0.5, 0.6) is 0 Å². The Balaban J connectivity index is 2.13. The molecular weight excluding hydrogens is 240 g/mol. The van der Waals surface area contributed by atoms with Gasteiger partial charge in [0.25, 0.3) is 0 Å². The molecule has 0 spiro atoms. The highest BCUT2D eigenvalue weighted by atomic mass is 35.5. The molecule has 2 saturated heterocycles. The Bertz CT molecular complexity index is 279. The van der Waals surface area contributed by atoms with E-state index < -0.39 is 18.3 Å². The van der Waals surface area contributed by atoms with Crippen LogP contribution in [0.1, 0.15) is 0 Å². The largest absolute Gasteiger partial charge is 0.388 e. The first-order chi connectivity index (χ1) is 7.17. The predicted molar refractivity (Wildman–Crippen MR) is 59.3 cm³/mol. The molecule has 0 saturated carbocycles. The third-order valence-corrected chi connectivity index (χ3v) is 4.04. The Hall–Kier alpha value is -0.0100. The van der Waals surface area contributed by atoms with Crippen LogP contribution in [-0.4, -0.2) is 58.1 Å². The van der Waals surface area contributed by atoms with E-state index in [1.165, 1.54) is 11.8 Å². The van der Waals surface area contributed by atoms with Crippen LogP contribution in [0.3, 0.4) is 0 Å². The van der Waals surface area contributed by atoms with Gasteiger partial charge in [-0.15, -0.1) is 11.6 Å². The fourth-order valence-corrected chi connectivity index (χ4v) is 3.08. The number of ether oxygens (including phenoxy) is 1. The van der Waals surface area contributed by atoms with Crippen LogP contribution in [0.4, 0.5) is 0 Å². The second-order valence-corrected chi connectivity index (χ2v) is 4.89. The van der Waals surface area contributed by atoms with E-state index in [9.17, 15) is 10.2 Å². The van der Waals surface area contributed by atoms with E-state index in [1.807, 2.05) is 0 Å². The molecule has 5 nitrogen and oxygen atoms in total. The third-order valence-electron chi connectivity index (χ3n) is 2.57. The van der Waals surface area contributed by atoms with Crippen LogP contribution >= 0.6 is 23.4 Å². The number of aliphatic hydroxyl groups is 2. The number of aliphatic imine (C=N–C) groups is 1. The van der Waals surface area contributed by atoms with Gasteiger partial charge in [0.1, 0.15) is 23.7 Å². The molecule has 2 heterocycles. The molecule has 0 aromatic heterocycles. The average Bonchev–Trinajstić information content (AvgIpc) is 2.66. The first-order valence-electron chi connectivity index (χ1n) is 4.65. The molecule has 15 heavy (non-hydrogen) atoms. The Kier molecular flexibility index (Phi) is 3.42. The smallest absolute Gasteiger partial charge is 0.159 e. The van der Waals surface area contributed by atoms with Gasteiger partial charge in [0.2, 0.25) is 0 Å². The Labute approximate surface area is 96.9 Å². The van der Waals surface area contributed by atoms with Gasteiger partial charge < -0.3 is 20.3 Å². The van der Waals surface area contributed by atoms with Crippen LogP contribution in [-0.2, 0) is 4.74 Å². The number of nitrogens with one attached hydrogen (secondary N) is 1. The highest BCUT2D eigenvalue weighted by molar-refractivity contribution is 8.14. The lowest BCUT2D eigenvalue weighted by molar-refractivity contribution is -0.147. The molecule has 0 aromatic carbocycles. The van der Waals surface area contributed by atoms with Gasteiger partial charge in [-0.3, -0.25) is 4.99 Å². The summed E-state index contributed by atoms with van der Waals surface area (Å²) in [4.78, 5) is 3.98. The molecule has 2 rings (SSSR count). The van der Waals surface area contributed by atoms with Crippen molar-refractivity contribution in [1.29, 1.82) is 0 Å². The van der Waals surface area contributed by atoms with Gasteiger partial charge in [-0.05, 0) is 0 Å². The van der Waals surface area contributed by atoms with E-state index in [4.69, 9.17) is 16.3 Å². The Morgan fingerprint density at radius 1 is 1.53 bits per heavy atom. The monoisotopic (exact) mass is 252 g/mol. The van der Waals surface area contributed by atoms with Crippen molar-refractivity contribution in [3.8, 4) is 0 Å². The molecule has 0 aromatic rings. The summed E-state index contributed by atoms with van der Waals surface area (Å²) in [7, 11) is 1.66. The zero-order valence-corrected chi connectivity index (χ0v) is 9.70. The standard InChI is InChI=1S/C8H13ClN2O3S/c1-10-8-11-4-6(13)5(12)3(2-9)14-7(4)15-8/h3-7,12-13H,2H2,1H3,(H,10,11)/t3-,4-,5-,6-,7?/m1/s1. The molecule has 3 N–H and O–H groups in total. The summed E-state index contributed by atoms with van der Waals surface area (Å²) >= 11 is 7.05. The predicted octanol–water partition coefficient (Wildman–Crippen LogP) is -0.637. The number of hydrogen-bond acceptors (Lipinski definition) is 5. The molecule has 1 unspecified atom stereocenters. The quantitative estimate of drug-likeness (QED) is 0.542. The van der Waals surface area contributed by atoms with Crippen molar-refractivity contribution in [3.63, 3.8) is 0 Å². The molecule has 2 aliphatic heterocycles. The minimum absolute atomic E-state index is 0.167. The fraction of sp³-hybridized carbons (Fsp3) is 0.875. The first kappa shape index (κ1) is 11.5. The van der Waals surface area contributed by atoms with E-state index in [0.29, 0.717) is 5.17 Å². The van der Waals surface area contributed by atoms with Crippen molar-refractivity contribution < 1.29 is 14.9 Å². The van der Waals surface area contributed by atoms with Gasteiger partial charge >= 0.3 is 0 Å². The first-order valence-corrected chi connectivity index (χ1v) is 6.06. The summed E-state index contributed by atoms with van der Waals surface area (Å²) in [6.45, 7) is 0. The summed E-state index contributed by atoms with van der Waals surface area (Å²) in [5, 5.41) is 23.3. The number of alkyl halides is 1. The summed E-state index contributed by atoms with van der Waals surface area (Å²) < 4.78 is 5.55. The van der Waals surface area contributed by atoms with Gasteiger partial charge in [0, 0.05) is 7.05 Å². The highest BCUT2D eigenvalue weighted by Gasteiger charge is 2.48. The minimum Gasteiger partial charge on any atom is -0.388 e. The van der Waals surface area contributed by atoms with Crippen molar-refractivity contribution in [2.45, 2.75) is 29.8 Å². The lowest BCUT2D eigenvalue weighted by Gasteiger charge is -2.38. The number of thioether (sulfide) groups is 1. The number of aliphatic hydroxyl groups excluding tert-OH is 2. The van der Waals surface area contributed by atoms with Crippen molar-refractivity contribution in [1.82, 2.24) is 5.32 Å². The normalized spacial score (nSPS) is 47.7. The number of amidine groups is 1. The maximum Gasteiger partial charge on any atom is 0.159 e. The third kappa shape index (κ3) is 1.97. The van der Waals surface area contributed by atoms with Gasteiger partial charge in [-0.2, -0.15) is 0 Å². The zero-order chi connectivity index (χ0) is 11.0. The SMILES string of the molecule is CN=C1N[C@H]2C(O[C@H](CCl)[C@@H](O)[C@@H]2O)S1. The Morgan fingerprint density at radius 2 is 2.27 bits per heavy atom. The van der Waals surface area contributed by atoms with E-state index in [-0.39, 0.29) is 17.4 Å². The Morgan fingerprint density at radius 3 is 2.87 bits per heavy atom. The van der Waals surface area contributed by atoms with E-state index in [1.54, 1.807) is 7.05 Å². The number of halogens is 1. The summed E-state index contributed by atoms with van der Waals surface area (Å²) in [5.41, 5.74) is -0.231. The van der Waals surface area contributed by atoms with E-state index >= 15 is 0 Å². The maximum atomic E-state index is 9.84. The number of rotatable bonds is 1. The van der Waals surface area contributed by atoms with Crippen molar-refractivity contribution in [3.05, 3.63) is 0 Å². The van der Waals surface area contributed by atoms with Crippen molar-refractivity contribution in [2.75, 3.05) is 12.9 Å². The molecule has 2 aliphatic rings. The number of hydrogen-bond donors (Lipinski definition) is 3. The fourth-order valence-electron chi connectivity index (χ4n) is 1.72. The van der Waals surface area contributed by atoms with Crippen LogP contribution in [0.15, 0.2) is 4.99 Å². The zero-order valence-electron chi connectivity index (χ0n) is 8.13. The lowest BCUT2D eigenvalue weighted by Crippen LogP contribution is -2.59. The van der Waals surface area contributed by atoms with E-state index in [2.05, 4.69) is 10.3 Å². The van der Waals surface area contributed by atoms with Crippen LogP contribution in [0.2, 0.25) is 0 Å². The maximum absolute atomic E-state index is 9.84. The van der Waals surface area contributed by atoms with Crippen molar-refractivity contribution in [2.24, 2.45) is 4.99 Å². The lowest BCUT2D eigenvalue weighted by atomic mass is 9.99. The molecule has 0 amide bonds. The molecule has 0 aliphatic carbocycles. The molecular formula is C8H13ClN2O3S. The molecule has 2 fully saturated rings. The number of nitrogens with zero attached hydrogens (tertiary/aromatic N) is 1. The minimum atomic E-state index is -0.951.